The number of hydrogen-bond donors (Lipinski definition) is 2. The van der Waals surface area contributed by atoms with E-state index in [9.17, 15) is 4.79 Å². The second-order valence-corrected chi connectivity index (χ2v) is 4.66. The predicted molar refractivity (Wildman–Crippen MR) is 69.2 cm³/mol. The van der Waals surface area contributed by atoms with E-state index in [4.69, 9.17) is 5.73 Å². The molecule has 3 heteroatoms. The number of rotatable bonds is 8. The van der Waals surface area contributed by atoms with Gasteiger partial charge in [0.05, 0.1) is 0 Å². The van der Waals surface area contributed by atoms with Crippen molar-refractivity contribution < 1.29 is 4.79 Å². The molecule has 0 saturated carbocycles. The van der Waals surface area contributed by atoms with Crippen molar-refractivity contribution >= 4 is 5.91 Å². The molecule has 3 nitrogen and oxygen atoms in total. The Bertz CT molecular complexity index is 192. The van der Waals surface area contributed by atoms with Crippen LogP contribution in [0.4, 0.5) is 0 Å². The zero-order valence-electron chi connectivity index (χ0n) is 11.3. The molecule has 0 heterocycles. The number of amides is 1. The van der Waals surface area contributed by atoms with E-state index in [1.165, 1.54) is 0 Å². The normalized spacial score (nSPS) is 13.6. The standard InChI is InChI=1S/C13H28N2O/c1-5-13(6-2,7-3)15-12(16)11(4)9-8-10-14/h11H,5-10,14H2,1-4H3,(H,15,16). The lowest BCUT2D eigenvalue weighted by Crippen LogP contribution is -2.49. The third-order valence-corrected chi connectivity index (χ3v) is 3.71. The van der Waals surface area contributed by atoms with Crippen LogP contribution in [0.15, 0.2) is 0 Å². The SMILES string of the molecule is CCC(CC)(CC)NC(=O)C(C)CCCN. The average molecular weight is 228 g/mol. The summed E-state index contributed by atoms with van der Waals surface area (Å²) in [5.74, 6) is 0.256. The van der Waals surface area contributed by atoms with Crippen LogP contribution in [0.5, 0.6) is 0 Å². The number of nitrogens with two attached hydrogens (primary N) is 1. The summed E-state index contributed by atoms with van der Waals surface area (Å²) in [4.78, 5) is 12.0. The van der Waals surface area contributed by atoms with Gasteiger partial charge in [-0.3, -0.25) is 4.79 Å². The molecule has 0 radical (unpaired) electrons. The molecule has 1 atom stereocenters. The lowest BCUT2D eigenvalue weighted by Gasteiger charge is -2.33. The van der Waals surface area contributed by atoms with Crippen molar-refractivity contribution in [3.63, 3.8) is 0 Å². The number of nitrogens with one attached hydrogen (secondary N) is 1. The molecule has 1 amide bonds. The van der Waals surface area contributed by atoms with Crippen molar-refractivity contribution in [2.45, 2.75) is 65.3 Å². The third-order valence-electron chi connectivity index (χ3n) is 3.71. The van der Waals surface area contributed by atoms with E-state index in [0.717, 1.165) is 32.1 Å². The maximum absolute atomic E-state index is 12.0. The van der Waals surface area contributed by atoms with Gasteiger partial charge in [0.15, 0.2) is 0 Å². The summed E-state index contributed by atoms with van der Waals surface area (Å²) in [6.07, 6.45) is 4.79. The van der Waals surface area contributed by atoms with Gasteiger partial charge in [-0.05, 0) is 38.6 Å². The lowest BCUT2D eigenvalue weighted by atomic mass is 9.89. The molecular weight excluding hydrogens is 200 g/mol. The maximum Gasteiger partial charge on any atom is 0.223 e. The van der Waals surface area contributed by atoms with Crippen molar-refractivity contribution in [2.24, 2.45) is 11.7 Å². The van der Waals surface area contributed by atoms with Gasteiger partial charge in [0, 0.05) is 11.5 Å². The molecule has 0 aliphatic carbocycles. The second kappa shape index (κ2) is 7.66. The Hall–Kier alpha value is -0.570. The summed E-state index contributed by atoms with van der Waals surface area (Å²) in [6, 6.07) is 0. The summed E-state index contributed by atoms with van der Waals surface area (Å²) >= 11 is 0. The van der Waals surface area contributed by atoms with E-state index in [1.807, 2.05) is 6.92 Å². The highest BCUT2D eigenvalue weighted by Crippen LogP contribution is 2.20. The summed E-state index contributed by atoms with van der Waals surface area (Å²) < 4.78 is 0. The molecular formula is C13H28N2O. The molecule has 1 unspecified atom stereocenters. The Balaban J connectivity index is 4.28. The van der Waals surface area contributed by atoms with E-state index in [1.54, 1.807) is 0 Å². The molecule has 0 bridgehead atoms. The van der Waals surface area contributed by atoms with Crippen LogP contribution in [0.2, 0.25) is 0 Å². The van der Waals surface area contributed by atoms with Crippen molar-refractivity contribution in [1.29, 1.82) is 0 Å². The van der Waals surface area contributed by atoms with Gasteiger partial charge in [-0.1, -0.05) is 27.7 Å². The first-order chi connectivity index (χ1) is 7.55. The highest BCUT2D eigenvalue weighted by Gasteiger charge is 2.27. The Kier molecular flexibility index (Phi) is 7.39. The Morgan fingerprint density at radius 3 is 2.12 bits per heavy atom. The average Bonchev–Trinajstić information content (AvgIpc) is 2.32. The minimum atomic E-state index is -0.00589. The van der Waals surface area contributed by atoms with Gasteiger partial charge in [0.25, 0.3) is 0 Å². The molecule has 16 heavy (non-hydrogen) atoms. The second-order valence-electron chi connectivity index (χ2n) is 4.66. The molecule has 0 aromatic heterocycles. The van der Waals surface area contributed by atoms with Gasteiger partial charge >= 0.3 is 0 Å². The van der Waals surface area contributed by atoms with E-state index >= 15 is 0 Å². The summed E-state index contributed by atoms with van der Waals surface area (Å²) in [7, 11) is 0. The van der Waals surface area contributed by atoms with Crippen LogP contribution in [0.1, 0.15) is 59.8 Å². The summed E-state index contributed by atoms with van der Waals surface area (Å²) in [5, 5.41) is 3.21. The molecule has 3 N–H and O–H groups in total. The van der Waals surface area contributed by atoms with E-state index in [2.05, 4.69) is 26.1 Å². The fraction of sp³-hybridized carbons (Fsp3) is 0.923. The minimum absolute atomic E-state index is 0.00589. The molecule has 0 spiro atoms. The van der Waals surface area contributed by atoms with Gasteiger partial charge in [-0.2, -0.15) is 0 Å². The first-order valence-corrected chi connectivity index (χ1v) is 6.57. The molecule has 0 fully saturated rings. The fourth-order valence-electron chi connectivity index (χ4n) is 1.95. The van der Waals surface area contributed by atoms with Crippen molar-refractivity contribution in [2.75, 3.05) is 6.54 Å². The molecule has 0 rings (SSSR count). The predicted octanol–water partition coefficient (Wildman–Crippen LogP) is 2.45. The Morgan fingerprint density at radius 1 is 1.25 bits per heavy atom. The van der Waals surface area contributed by atoms with Crippen molar-refractivity contribution in [1.82, 2.24) is 5.32 Å². The van der Waals surface area contributed by atoms with Gasteiger partial charge < -0.3 is 11.1 Å². The molecule has 0 aliphatic heterocycles. The van der Waals surface area contributed by atoms with E-state index < -0.39 is 0 Å². The highest BCUT2D eigenvalue weighted by molar-refractivity contribution is 5.79. The van der Waals surface area contributed by atoms with E-state index in [0.29, 0.717) is 6.54 Å². The van der Waals surface area contributed by atoms with Crippen molar-refractivity contribution in [3.05, 3.63) is 0 Å². The zero-order valence-corrected chi connectivity index (χ0v) is 11.3. The molecule has 0 aromatic rings. The minimum Gasteiger partial charge on any atom is -0.350 e. The monoisotopic (exact) mass is 228 g/mol. The number of carbonyl (C=O) groups is 1. The van der Waals surface area contributed by atoms with Crippen LogP contribution in [-0.4, -0.2) is 18.0 Å². The van der Waals surface area contributed by atoms with Crippen molar-refractivity contribution in [3.8, 4) is 0 Å². The maximum atomic E-state index is 12.0. The third kappa shape index (κ3) is 4.52. The number of hydrogen-bond acceptors (Lipinski definition) is 2. The molecule has 0 saturated heterocycles. The lowest BCUT2D eigenvalue weighted by molar-refractivity contribution is -0.126. The van der Waals surface area contributed by atoms with Gasteiger partial charge in [0.2, 0.25) is 5.91 Å². The van der Waals surface area contributed by atoms with Gasteiger partial charge in [-0.15, -0.1) is 0 Å². The van der Waals surface area contributed by atoms with Crippen LogP contribution >= 0.6 is 0 Å². The molecule has 96 valence electrons. The van der Waals surface area contributed by atoms with Crippen LogP contribution in [0, 0.1) is 5.92 Å². The Morgan fingerprint density at radius 2 is 1.75 bits per heavy atom. The van der Waals surface area contributed by atoms with Crippen LogP contribution < -0.4 is 11.1 Å². The van der Waals surface area contributed by atoms with Gasteiger partial charge in [-0.25, -0.2) is 0 Å². The smallest absolute Gasteiger partial charge is 0.223 e. The highest BCUT2D eigenvalue weighted by atomic mass is 16.2. The largest absolute Gasteiger partial charge is 0.350 e. The first-order valence-electron chi connectivity index (χ1n) is 6.57. The van der Waals surface area contributed by atoms with Crippen LogP contribution in [-0.2, 0) is 4.79 Å². The quantitative estimate of drug-likeness (QED) is 0.670. The molecule has 0 aliphatic rings. The number of carbonyl (C=O) groups excluding carboxylic acids is 1. The zero-order chi connectivity index (χ0) is 12.6. The fourth-order valence-corrected chi connectivity index (χ4v) is 1.95. The van der Waals surface area contributed by atoms with Crippen LogP contribution in [0.3, 0.4) is 0 Å². The van der Waals surface area contributed by atoms with E-state index in [-0.39, 0.29) is 17.4 Å². The molecule has 0 aromatic carbocycles. The van der Waals surface area contributed by atoms with Gasteiger partial charge in [0.1, 0.15) is 0 Å². The summed E-state index contributed by atoms with van der Waals surface area (Å²) in [6.45, 7) is 9.06. The first kappa shape index (κ1) is 15.4. The Labute approximate surface area is 100 Å². The van der Waals surface area contributed by atoms with Crippen LogP contribution in [0.25, 0.3) is 0 Å². The topological polar surface area (TPSA) is 55.1 Å². The summed E-state index contributed by atoms with van der Waals surface area (Å²) in [5.41, 5.74) is 5.45.